The maximum absolute atomic E-state index is 13.2. The number of nitrogens with zero attached hydrogens (tertiary/aromatic N) is 3. The fraction of sp³-hybridized carbons (Fsp3) is 0.857. The zero-order chi connectivity index (χ0) is 23.5. The Morgan fingerprint density at radius 1 is 0.606 bits per heavy atom. The van der Waals surface area contributed by atoms with Gasteiger partial charge in [-0.2, -0.15) is 0 Å². The summed E-state index contributed by atoms with van der Waals surface area (Å²) in [5.41, 5.74) is 0. The first-order valence-corrected chi connectivity index (χ1v) is 11.5. The minimum atomic E-state index is -0.702. The van der Waals surface area contributed by atoms with Crippen molar-refractivity contribution in [2.24, 2.45) is 17.8 Å². The van der Waals surface area contributed by atoms with Crippen molar-refractivity contribution < 1.29 is 43.9 Å². The lowest BCUT2D eigenvalue weighted by Gasteiger charge is -2.44. The number of hydrogen-bond donors (Lipinski definition) is 3. The van der Waals surface area contributed by atoms with Gasteiger partial charge in [0, 0.05) is 0 Å². The standard InChI is InChI=1S/C21H33N3O9/c25-4-13(1-16-7-31-16)19(28)22-10-23(20(29)14(5-26)2-17-8-32-17)12-24(11-22)21(30)15(6-27)3-18-9-33-18/h13-18,25-27H,1-12H2. The first-order valence-electron chi connectivity index (χ1n) is 11.5. The third kappa shape index (κ3) is 6.40. The summed E-state index contributed by atoms with van der Waals surface area (Å²) in [7, 11) is 0. The van der Waals surface area contributed by atoms with Crippen molar-refractivity contribution in [1.29, 1.82) is 0 Å². The molecule has 0 aliphatic carbocycles. The van der Waals surface area contributed by atoms with Crippen molar-refractivity contribution >= 4 is 17.7 Å². The molecule has 0 aromatic carbocycles. The third-order valence-electron chi connectivity index (χ3n) is 6.52. The first-order chi connectivity index (χ1) is 15.9. The van der Waals surface area contributed by atoms with Crippen LogP contribution in [0, 0.1) is 17.8 Å². The Morgan fingerprint density at radius 2 is 0.848 bits per heavy atom. The van der Waals surface area contributed by atoms with Crippen LogP contribution in [0.25, 0.3) is 0 Å². The van der Waals surface area contributed by atoms with Crippen molar-refractivity contribution in [3.63, 3.8) is 0 Å². The van der Waals surface area contributed by atoms with Gasteiger partial charge in [-0.15, -0.1) is 0 Å². The summed E-state index contributed by atoms with van der Waals surface area (Å²) in [5, 5.41) is 29.3. The second-order valence-electron chi connectivity index (χ2n) is 9.27. The number of aliphatic hydroxyl groups excluding tert-OH is 3. The number of epoxide rings is 3. The van der Waals surface area contributed by atoms with Gasteiger partial charge in [0.15, 0.2) is 0 Å². The summed E-state index contributed by atoms with van der Waals surface area (Å²) in [5.74, 6) is -3.23. The number of ether oxygens (including phenoxy) is 3. The van der Waals surface area contributed by atoms with Gasteiger partial charge < -0.3 is 44.2 Å². The number of amides is 3. The first kappa shape index (κ1) is 24.3. The van der Waals surface area contributed by atoms with Crippen LogP contribution in [-0.2, 0) is 28.6 Å². The molecule has 4 saturated heterocycles. The monoisotopic (exact) mass is 471 g/mol. The van der Waals surface area contributed by atoms with Gasteiger partial charge in [-0.3, -0.25) is 14.4 Å². The number of rotatable bonds is 12. The molecule has 33 heavy (non-hydrogen) atoms. The molecule has 4 heterocycles. The highest BCUT2D eigenvalue weighted by Gasteiger charge is 2.41. The molecule has 0 bridgehead atoms. The molecule has 4 aliphatic rings. The maximum Gasteiger partial charge on any atom is 0.230 e. The van der Waals surface area contributed by atoms with E-state index in [1.165, 1.54) is 14.7 Å². The molecule has 4 rings (SSSR count). The molecule has 3 N–H and O–H groups in total. The molecule has 0 aromatic rings. The summed E-state index contributed by atoms with van der Waals surface area (Å²) < 4.78 is 15.6. The Hall–Kier alpha value is -1.83. The normalized spacial score (nSPS) is 28.8. The lowest BCUT2D eigenvalue weighted by Crippen LogP contribution is -2.62. The van der Waals surface area contributed by atoms with E-state index < -0.39 is 17.8 Å². The van der Waals surface area contributed by atoms with Gasteiger partial charge in [0.25, 0.3) is 0 Å². The van der Waals surface area contributed by atoms with Crippen molar-refractivity contribution in [2.75, 3.05) is 59.6 Å². The molecule has 12 heteroatoms. The number of aliphatic hydroxyl groups is 3. The molecule has 6 atom stereocenters. The predicted molar refractivity (Wildman–Crippen MR) is 110 cm³/mol. The van der Waals surface area contributed by atoms with Crippen molar-refractivity contribution in [3.8, 4) is 0 Å². The van der Waals surface area contributed by atoms with Crippen LogP contribution in [0.15, 0.2) is 0 Å². The van der Waals surface area contributed by atoms with Crippen LogP contribution in [0.5, 0.6) is 0 Å². The predicted octanol–water partition coefficient (Wildman–Crippen LogP) is -2.45. The molecular formula is C21H33N3O9. The summed E-state index contributed by atoms with van der Waals surface area (Å²) >= 11 is 0. The highest BCUT2D eigenvalue weighted by atomic mass is 16.6. The minimum Gasteiger partial charge on any atom is -0.396 e. The lowest BCUT2D eigenvalue weighted by molar-refractivity contribution is -0.165. The lowest BCUT2D eigenvalue weighted by atomic mass is 10.0. The van der Waals surface area contributed by atoms with E-state index >= 15 is 0 Å². The largest absolute Gasteiger partial charge is 0.396 e. The van der Waals surface area contributed by atoms with Crippen molar-refractivity contribution in [2.45, 2.75) is 37.6 Å². The van der Waals surface area contributed by atoms with E-state index in [-0.39, 0.29) is 75.9 Å². The SMILES string of the molecule is O=C(C(CO)CC1CO1)N1CN(C(=O)C(CO)CC2CO2)CN(C(=O)C(CO)CC2CO2)C1. The molecule has 12 nitrogen and oxygen atoms in total. The third-order valence-corrected chi connectivity index (χ3v) is 6.52. The highest BCUT2D eigenvalue weighted by Crippen LogP contribution is 2.26. The average molecular weight is 472 g/mol. The molecular weight excluding hydrogens is 438 g/mol. The van der Waals surface area contributed by atoms with Crippen LogP contribution < -0.4 is 0 Å². The maximum atomic E-state index is 13.2. The van der Waals surface area contributed by atoms with Crippen LogP contribution >= 0.6 is 0 Å². The fourth-order valence-corrected chi connectivity index (χ4v) is 4.27. The molecule has 0 radical (unpaired) electrons. The molecule has 186 valence electrons. The Morgan fingerprint density at radius 3 is 1.03 bits per heavy atom. The van der Waals surface area contributed by atoms with Crippen molar-refractivity contribution in [1.82, 2.24) is 14.7 Å². The van der Waals surface area contributed by atoms with E-state index in [1.807, 2.05) is 0 Å². The van der Waals surface area contributed by atoms with E-state index in [0.29, 0.717) is 39.1 Å². The molecule has 4 fully saturated rings. The molecule has 0 saturated carbocycles. The van der Waals surface area contributed by atoms with Gasteiger partial charge >= 0.3 is 0 Å². The molecule has 3 amide bonds. The smallest absolute Gasteiger partial charge is 0.230 e. The molecule has 6 unspecified atom stereocenters. The average Bonchev–Trinajstić information content (AvgIpc) is 3.68. The second-order valence-corrected chi connectivity index (χ2v) is 9.27. The fourth-order valence-electron chi connectivity index (χ4n) is 4.27. The Bertz CT molecular complexity index is 625. The van der Waals surface area contributed by atoms with Gasteiger partial charge in [-0.1, -0.05) is 0 Å². The van der Waals surface area contributed by atoms with Crippen LogP contribution in [0.2, 0.25) is 0 Å². The van der Waals surface area contributed by atoms with E-state index in [1.54, 1.807) is 0 Å². The van der Waals surface area contributed by atoms with Gasteiger partial charge in [-0.25, -0.2) is 0 Å². The van der Waals surface area contributed by atoms with Crippen LogP contribution in [0.1, 0.15) is 19.3 Å². The van der Waals surface area contributed by atoms with E-state index in [0.717, 1.165) is 0 Å². The zero-order valence-corrected chi connectivity index (χ0v) is 18.6. The molecule has 0 spiro atoms. The van der Waals surface area contributed by atoms with E-state index in [2.05, 4.69) is 0 Å². The van der Waals surface area contributed by atoms with Crippen LogP contribution in [0.4, 0.5) is 0 Å². The summed E-state index contributed by atoms with van der Waals surface area (Å²) in [6.45, 7) is 0.365. The zero-order valence-electron chi connectivity index (χ0n) is 18.6. The van der Waals surface area contributed by atoms with E-state index in [4.69, 9.17) is 14.2 Å². The van der Waals surface area contributed by atoms with E-state index in [9.17, 15) is 29.7 Å². The Balaban J connectivity index is 1.49. The number of carbonyl (C=O) groups is 3. The topological polar surface area (TPSA) is 159 Å². The number of hydrogen-bond acceptors (Lipinski definition) is 9. The van der Waals surface area contributed by atoms with Crippen LogP contribution in [0.3, 0.4) is 0 Å². The Labute approximate surface area is 192 Å². The molecule has 0 aromatic heterocycles. The minimum absolute atomic E-state index is 0.0545. The number of carbonyl (C=O) groups excluding carboxylic acids is 3. The quantitative estimate of drug-likeness (QED) is 0.263. The van der Waals surface area contributed by atoms with Crippen LogP contribution in [-0.4, -0.2) is 126 Å². The van der Waals surface area contributed by atoms with Gasteiger partial charge in [-0.05, 0) is 19.3 Å². The van der Waals surface area contributed by atoms with Gasteiger partial charge in [0.05, 0.1) is 95.7 Å². The second kappa shape index (κ2) is 10.6. The Kier molecular flexibility index (Phi) is 7.82. The van der Waals surface area contributed by atoms with Gasteiger partial charge in [0.1, 0.15) is 0 Å². The molecule has 4 aliphatic heterocycles. The summed E-state index contributed by atoms with van der Waals surface area (Å²) in [4.78, 5) is 43.6. The highest BCUT2D eigenvalue weighted by molar-refractivity contribution is 5.84. The van der Waals surface area contributed by atoms with Gasteiger partial charge in [0.2, 0.25) is 17.7 Å². The van der Waals surface area contributed by atoms with Crippen molar-refractivity contribution in [3.05, 3.63) is 0 Å². The summed E-state index contributed by atoms with van der Waals surface area (Å²) in [6.07, 6.45) is 0.891. The summed E-state index contributed by atoms with van der Waals surface area (Å²) in [6, 6.07) is 0.